The van der Waals surface area contributed by atoms with Crippen LogP contribution in [0.1, 0.15) is 36.6 Å². The lowest BCUT2D eigenvalue weighted by molar-refractivity contribution is -0.132. The number of fused-ring (bicyclic) bond motifs is 2. The normalized spacial score (nSPS) is 16.1. The maximum Gasteiger partial charge on any atom is 0.308 e. The van der Waals surface area contributed by atoms with Crippen molar-refractivity contribution in [2.24, 2.45) is 0 Å². The van der Waals surface area contributed by atoms with Gasteiger partial charge in [-0.25, -0.2) is 0 Å². The van der Waals surface area contributed by atoms with E-state index in [9.17, 15) is 14.4 Å². The Morgan fingerprint density at radius 1 is 1.10 bits per heavy atom. The van der Waals surface area contributed by atoms with Crippen LogP contribution in [0.25, 0.3) is 11.1 Å². The van der Waals surface area contributed by atoms with Gasteiger partial charge in [-0.1, -0.05) is 22.0 Å². The molecule has 2 aliphatic rings. The van der Waals surface area contributed by atoms with Crippen molar-refractivity contribution in [1.82, 2.24) is 4.90 Å². The van der Waals surface area contributed by atoms with Crippen molar-refractivity contribution in [3.05, 3.63) is 41.0 Å². The first-order chi connectivity index (χ1) is 14.8. The van der Waals surface area contributed by atoms with Crippen LogP contribution in [-0.2, 0) is 27.2 Å². The molecule has 0 fully saturated rings. The van der Waals surface area contributed by atoms with E-state index in [1.54, 1.807) is 12.1 Å². The van der Waals surface area contributed by atoms with Crippen LogP contribution in [0.15, 0.2) is 24.3 Å². The second-order valence-corrected chi connectivity index (χ2v) is 8.11. The molecule has 1 heterocycles. The summed E-state index contributed by atoms with van der Waals surface area (Å²) in [6.45, 7) is 3.27. The highest BCUT2D eigenvalue weighted by molar-refractivity contribution is 9.09. The molecule has 1 atom stereocenters. The predicted molar refractivity (Wildman–Crippen MR) is 117 cm³/mol. The van der Waals surface area contributed by atoms with Crippen LogP contribution < -0.4 is 14.2 Å². The highest BCUT2D eigenvalue weighted by Crippen LogP contribution is 2.52. The fourth-order valence-corrected chi connectivity index (χ4v) is 4.86. The number of amides is 1. The molecular formula is C23H22BrNO6. The molecular weight excluding hydrogens is 466 g/mol. The summed E-state index contributed by atoms with van der Waals surface area (Å²) >= 11 is 3.29. The Labute approximate surface area is 188 Å². The van der Waals surface area contributed by atoms with Gasteiger partial charge in [0.15, 0.2) is 11.5 Å². The molecule has 0 saturated heterocycles. The van der Waals surface area contributed by atoms with E-state index in [0.717, 1.165) is 27.8 Å². The average Bonchev–Trinajstić information content (AvgIpc) is 2.72. The largest absolute Gasteiger partial charge is 0.493 e. The number of hydrogen-bond acceptors (Lipinski definition) is 6. The zero-order valence-electron chi connectivity index (χ0n) is 17.5. The van der Waals surface area contributed by atoms with E-state index < -0.39 is 11.9 Å². The van der Waals surface area contributed by atoms with E-state index in [1.807, 2.05) is 17.0 Å². The molecule has 1 amide bonds. The van der Waals surface area contributed by atoms with E-state index >= 15 is 0 Å². The Balaban J connectivity index is 1.99. The molecule has 2 aromatic rings. The molecule has 0 N–H and O–H groups in total. The van der Waals surface area contributed by atoms with Crippen LogP contribution in [0.2, 0.25) is 0 Å². The molecule has 1 aliphatic carbocycles. The number of esters is 2. The van der Waals surface area contributed by atoms with Crippen molar-refractivity contribution in [2.75, 3.05) is 19.0 Å². The third-order valence-corrected chi connectivity index (χ3v) is 6.10. The molecule has 162 valence electrons. The van der Waals surface area contributed by atoms with Gasteiger partial charge in [-0.15, -0.1) is 0 Å². The van der Waals surface area contributed by atoms with Crippen molar-refractivity contribution < 1.29 is 28.6 Å². The van der Waals surface area contributed by atoms with Crippen LogP contribution in [0.4, 0.5) is 0 Å². The molecule has 4 rings (SSSR count). The Kier molecular flexibility index (Phi) is 5.75. The van der Waals surface area contributed by atoms with Gasteiger partial charge < -0.3 is 19.1 Å². The van der Waals surface area contributed by atoms with Crippen LogP contribution in [0.5, 0.6) is 17.2 Å². The monoisotopic (exact) mass is 487 g/mol. The fourth-order valence-electron chi connectivity index (χ4n) is 4.54. The number of halogens is 1. The van der Waals surface area contributed by atoms with E-state index in [0.29, 0.717) is 36.6 Å². The van der Waals surface area contributed by atoms with Gasteiger partial charge in [0.2, 0.25) is 5.91 Å². The van der Waals surface area contributed by atoms with Crippen molar-refractivity contribution >= 4 is 33.8 Å². The van der Waals surface area contributed by atoms with Gasteiger partial charge in [-0.2, -0.15) is 0 Å². The first kappa shape index (κ1) is 21.4. The second-order valence-electron chi connectivity index (χ2n) is 7.55. The third kappa shape index (κ3) is 3.80. The number of carbonyl (C=O) groups excluding carboxylic acids is 3. The number of benzene rings is 2. The molecule has 7 nitrogen and oxygen atoms in total. The zero-order valence-corrected chi connectivity index (χ0v) is 19.1. The minimum Gasteiger partial charge on any atom is -0.493 e. The van der Waals surface area contributed by atoms with E-state index in [4.69, 9.17) is 14.2 Å². The topological polar surface area (TPSA) is 82.1 Å². The molecule has 0 radical (unpaired) electrons. The molecule has 0 unspecified atom stereocenters. The number of rotatable bonds is 4. The van der Waals surface area contributed by atoms with Gasteiger partial charge in [-0.3, -0.25) is 14.4 Å². The lowest BCUT2D eigenvalue weighted by Gasteiger charge is -2.42. The van der Waals surface area contributed by atoms with Crippen molar-refractivity contribution in [2.45, 2.75) is 32.7 Å². The Bertz CT molecular complexity index is 1100. The maximum absolute atomic E-state index is 12.6. The smallest absolute Gasteiger partial charge is 0.308 e. The number of hydrogen-bond donors (Lipinski definition) is 0. The molecule has 0 aromatic heterocycles. The quantitative estimate of drug-likeness (QED) is 0.372. The van der Waals surface area contributed by atoms with E-state index in [2.05, 4.69) is 15.9 Å². The van der Waals surface area contributed by atoms with Crippen molar-refractivity contribution in [1.29, 1.82) is 0 Å². The molecule has 2 aromatic carbocycles. The van der Waals surface area contributed by atoms with E-state index in [-0.39, 0.29) is 17.3 Å². The number of carbonyl (C=O) groups is 3. The molecule has 0 saturated carbocycles. The minimum atomic E-state index is -0.463. The summed E-state index contributed by atoms with van der Waals surface area (Å²) in [6.07, 6.45) is 1.22. The Hall–Kier alpha value is -2.87. The molecule has 0 spiro atoms. The van der Waals surface area contributed by atoms with Crippen LogP contribution in [0.3, 0.4) is 0 Å². The average molecular weight is 488 g/mol. The summed E-state index contributed by atoms with van der Waals surface area (Å²) in [6, 6.07) is 7.17. The van der Waals surface area contributed by atoms with Gasteiger partial charge in [0.1, 0.15) is 5.75 Å². The highest BCUT2D eigenvalue weighted by atomic mass is 79.9. The van der Waals surface area contributed by atoms with Crippen LogP contribution in [-0.4, -0.2) is 41.7 Å². The van der Waals surface area contributed by atoms with Gasteiger partial charge >= 0.3 is 11.9 Å². The Morgan fingerprint density at radius 2 is 1.84 bits per heavy atom. The Morgan fingerprint density at radius 3 is 2.48 bits per heavy atom. The molecule has 31 heavy (non-hydrogen) atoms. The number of nitrogens with zero attached hydrogens (tertiary/aromatic N) is 1. The maximum atomic E-state index is 12.6. The third-order valence-electron chi connectivity index (χ3n) is 5.62. The van der Waals surface area contributed by atoms with Gasteiger partial charge in [0.05, 0.1) is 18.5 Å². The number of ether oxygens (including phenoxy) is 3. The predicted octanol–water partition coefficient (Wildman–Crippen LogP) is 3.59. The first-order valence-corrected chi connectivity index (χ1v) is 11.1. The van der Waals surface area contributed by atoms with Crippen molar-refractivity contribution in [3.8, 4) is 28.4 Å². The minimum absolute atomic E-state index is 0.0165. The van der Waals surface area contributed by atoms with E-state index in [1.165, 1.54) is 21.0 Å². The summed E-state index contributed by atoms with van der Waals surface area (Å²) < 4.78 is 16.4. The lowest BCUT2D eigenvalue weighted by Crippen LogP contribution is -2.43. The standard InChI is InChI=1S/C23H22BrNO6/c1-12(26)30-16-8-15-6-7-25(20(28)11-24)18-9-14-4-5-19(29-3)23(31-13(2)27)22(14)17(10-16)21(15)18/h4-5,8,10,18H,6-7,9,11H2,1-3H3/t18-/m0/s1. The van der Waals surface area contributed by atoms with Gasteiger partial charge in [0, 0.05) is 26.0 Å². The lowest BCUT2D eigenvalue weighted by atomic mass is 9.76. The summed E-state index contributed by atoms with van der Waals surface area (Å²) in [5.74, 6) is 0.320. The highest BCUT2D eigenvalue weighted by Gasteiger charge is 2.38. The summed E-state index contributed by atoms with van der Waals surface area (Å²) in [5, 5.41) is 0.244. The summed E-state index contributed by atoms with van der Waals surface area (Å²) in [7, 11) is 1.52. The second kappa shape index (κ2) is 8.34. The van der Waals surface area contributed by atoms with Gasteiger partial charge in [0.25, 0.3) is 0 Å². The SMILES string of the molecule is COc1ccc2c(c1OC(C)=O)-c1cc(OC(C)=O)cc3c1[C@H](C2)N(C(=O)CBr)CC3. The van der Waals surface area contributed by atoms with Crippen molar-refractivity contribution in [3.63, 3.8) is 0 Å². The molecule has 0 bridgehead atoms. The molecule has 1 aliphatic heterocycles. The van der Waals surface area contributed by atoms with Crippen LogP contribution >= 0.6 is 15.9 Å². The number of methoxy groups -OCH3 is 1. The zero-order chi connectivity index (χ0) is 22.3. The van der Waals surface area contributed by atoms with Crippen LogP contribution in [0, 0.1) is 0 Å². The summed E-state index contributed by atoms with van der Waals surface area (Å²) in [4.78, 5) is 38.0. The molecule has 8 heteroatoms. The van der Waals surface area contributed by atoms with Gasteiger partial charge in [-0.05, 0) is 53.3 Å². The first-order valence-electron chi connectivity index (χ1n) is 9.93. The summed E-state index contributed by atoms with van der Waals surface area (Å²) in [5.41, 5.74) is 4.44. The fraction of sp³-hybridized carbons (Fsp3) is 0.348. The number of alkyl halides is 1.